The number of halogens is 4. The first-order valence-corrected chi connectivity index (χ1v) is 14.1. The van der Waals surface area contributed by atoms with Crippen molar-refractivity contribution >= 4 is 33.0 Å². The molecule has 2 aromatic carbocycles. The van der Waals surface area contributed by atoms with E-state index in [0.717, 1.165) is 11.6 Å². The van der Waals surface area contributed by atoms with E-state index >= 15 is 0 Å². The molecule has 0 aliphatic heterocycles. The number of ether oxygens (including phenoxy) is 1. The number of pyridine rings is 1. The summed E-state index contributed by atoms with van der Waals surface area (Å²) in [6.45, 7) is 0.202. The van der Waals surface area contributed by atoms with E-state index in [9.17, 15) is 31.5 Å². The van der Waals surface area contributed by atoms with Crippen LogP contribution in [0.4, 0.5) is 18.9 Å². The Hall–Kier alpha value is -2.99. The Morgan fingerprint density at radius 1 is 1.10 bits per heavy atom. The second-order valence-corrected chi connectivity index (χ2v) is 12.4. The van der Waals surface area contributed by atoms with Gasteiger partial charge in [0, 0.05) is 41.7 Å². The van der Waals surface area contributed by atoms with Crippen LogP contribution >= 0.6 is 11.6 Å². The van der Waals surface area contributed by atoms with Crippen molar-refractivity contribution in [1.29, 1.82) is 0 Å². The van der Waals surface area contributed by atoms with E-state index in [4.69, 9.17) is 16.3 Å². The Kier molecular flexibility index (Phi) is 7.45. The maximum Gasteiger partial charge on any atom is 0.255 e. The molecule has 1 amide bonds. The average Bonchev–Trinajstić information content (AvgIpc) is 3.44. The normalized spacial score (nSPS) is 24.2. The molecule has 0 spiro atoms. The average molecular weight is 581 g/mol. The molecule has 3 aromatic rings. The minimum Gasteiger partial charge on any atom is -0.387 e. The third-order valence-electron chi connectivity index (χ3n) is 7.49. The molecule has 2 bridgehead atoms. The molecule has 2 fully saturated rings. The van der Waals surface area contributed by atoms with Crippen LogP contribution in [-0.2, 0) is 21.2 Å². The molecule has 1 aromatic heterocycles. The van der Waals surface area contributed by atoms with E-state index in [1.165, 1.54) is 12.1 Å². The quantitative estimate of drug-likeness (QED) is 0.366. The molecule has 0 saturated heterocycles. The molecule has 0 radical (unpaired) electrons. The predicted molar refractivity (Wildman–Crippen MR) is 136 cm³/mol. The zero-order valence-electron chi connectivity index (χ0n) is 20.4. The lowest BCUT2D eigenvalue weighted by Gasteiger charge is -2.32. The Balaban J connectivity index is 1.35. The molecule has 206 valence electrons. The van der Waals surface area contributed by atoms with E-state index in [2.05, 4.69) is 10.3 Å². The van der Waals surface area contributed by atoms with Crippen LogP contribution in [0.25, 0.3) is 0 Å². The maximum atomic E-state index is 13.8. The van der Waals surface area contributed by atoms with Crippen molar-refractivity contribution in [1.82, 2.24) is 4.98 Å². The number of anilines is 1. The van der Waals surface area contributed by atoms with Gasteiger partial charge in [-0.25, -0.2) is 21.6 Å². The van der Waals surface area contributed by atoms with Crippen molar-refractivity contribution in [3.05, 3.63) is 88.5 Å². The highest BCUT2D eigenvalue weighted by Gasteiger charge is 2.61. The molecule has 39 heavy (non-hydrogen) atoms. The monoisotopic (exact) mass is 580 g/mol. The van der Waals surface area contributed by atoms with Crippen molar-refractivity contribution in [3.8, 4) is 0 Å². The van der Waals surface area contributed by atoms with Crippen LogP contribution in [-0.4, -0.2) is 41.9 Å². The second-order valence-electron chi connectivity index (χ2n) is 9.96. The van der Waals surface area contributed by atoms with Gasteiger partial charge >= 0.3 is 0 Å². The van der Waals surface area contributed by atoms with E-state index in [1.54, 1.807) is 24.5 Å². The van der Waals surface area contributed by atoms with Gasteiger partial charge in [-0.15, -0.1) is 0 Å². The minimum atomic E-state index is -4.11. The first kappa shape index (κ1) is 27.6. The SMILES string of the molecule is O=C(Nc1cc(F)c(F)c(F)c1)c1ccc(Cl)c(S(=O)(=O)[C@@H]2C3CCC2[C@@](O)(COCc2ccncc2)C3)c1. The van der Waals surface area contributed by atoms with Gasteiger partial charge in [0.2, 0.25) is 0 Å². The molecular weight excluding hydrogens is 557 g/mol. The van der Waals surface area contributed by atoms with Crippen molar-refractivity contribution < 1.29 is 36.2 Å². The van der Waals surface area contributed by atoms with E-state index < -0.39 is 50.0 Å². The topological polar surface area (TPSA) is 106 Å². The summed E-state index contributed by atoms with van der Waals surface area (Å²) in [5.41, 5.74) is -0.953. The lowest BCUT2D eigenvalue weighted by molar-refractivity contribution is -0.0846. The standard InChI is InChI=1S/C27H24ClF3N2O5S/c28-20-4-2-16(26(34)33-18-10-21(29)24(31)22(30)11-18)9-23(20)39(36,37)25-17-1-3-19(25)27(35,12-17)14-38-13-15-5-7-32-8-6-15/h2,4-11,17,19,25,35H,1,3,12-14H2,(H,33,34)/t17?,19?,25-,27+/m1/s1. The fraction of sp³-hybridized carbons (Fsp3) is 0.333. The highest BCUT2D eigenvalue weighted by molar-refractivity contribution is 7.92. The predicted octanol–water partition coefficient (Wildman–Crippen LogP) is 4.92. The molecule has 12 heteroatoms. The summed E-state index contributed by atoms with van der Waals surface area (Å²) in [6, 6.07) is 8.39. The van der Waals surface area contributed by atoms with Crippen LogP contribution in [0.3, 0.4) is 0 Å². The van der Waals surface area contributed by atoms with Gasteiger partial charge in [0.1, 0.15) is 0 Å². The summed E-state index contributed by atoms with van der Waals surface area (Å²) in [4.78, 5) is 16.4. The number of carbonyl (C=O) groups is 1. The summed E-state index contributed by atoms with van der Waals surface area (Å²) >= 11 is 6.28. The molecule has 4 atom stereocenters. The van der Waals surface area contributed by atoms with Gasteiger partial charge in [0.25, 0.3) is 5.91 Å². The summed E-state index contributed by atoms with van der Waals surface area (Å²) < 4.78 is 73.8. The number of amides is 1. The second kappa shape index (κ2) is 10.5. The zero-order chi connectivity index (χ0) is 27.9. The van der Waals surface area contributed by atoms with Crippen molar-refractivity contribution in [2.75, 3.05) is 11.9 Å². The first-order valence-electron chi connectivity index (χ1n) is 12.2. The number of carbonyl (C=O) groups excluding carboxylic acids is 1. The Morgan fingerprint density at radius 2 is 1.79 bits per heavy atom. The molecule has 2 aliphatic carbocycles. The van der Waals surface area contributed by atoms with Gasteiger partial charge in [-0.3, -0.25) is 9.78 Å². The Morgan fingerprint density at radius 3 is 2.49 bits per heavy atom. The van der Waals surface area contributed by atoms with E-state index in [-0.39, 0.29) is 46.7 Å². The highest BCUT2D eigenvalue weighted by atomic mass is 35.5. The fourth-order valence-electron chi connectivity index (χ4n) is 5.75. The van der Waals surface area contributed by atoms with Gasteiger partial charge in [0.05, 0.1) is 34.0 Å². The van der Waals surface area contributed by atoms with Crippen LogP contribution < -0.4 is 5.32 Å². The molecule has 2 aliphatic rings. The number of aliphatic hydroxyl groups is 1. The van der Waals surface area contributed by atoms with Crippen LogP contribution in [0.15, 0.2) is 59.8 Å². The molecule has 7 nitrogen and oxygen atoms in total. The number of rotatable bonds is 8. The van der Waals surface area contributed by atoms with Gasteiger partial charge in [-0.1, -0.05) is 11.6 Å². The lowest BCUT2D eigenvalue weighted by atomic mass is 9.85. The Labute approximate surface area is 227 Å². The first-order chi connectivity index (χ1) is 18.5. The molecule has 1 heterocycles. The number of aromatic nitrogens is 1. The van der Waals surface area contributed by atoms with Crippen molar-refractivity contribution in [3.63, 3.8) is 0 Å². The van der Waals surface area contributed by atoms with E-state index in [0.29, 0.717) is 25.0 Å². The number of nitrogens with zero attached hydrogens (tertiary/aromatic N) is 1. The molecule has 5 rings (SSSR count). The van der Waals surface area contributed by atoms with Crippen LogP contribution in [0.5, 0.6) is 0 Å². The summed E-state index contributed by atoms with van der Waals surface area (Å²) in [7, 11) is -4.11. The number of sulfone groups is 1. The van der Waals surface area contributed by atoms with Gasteiger partial charge < -0.3 is 15.2 Å². The van der Waals surface area contributed by atoms with E-state index in [1.807, 2.05) is 0 Å². The fourth-order valence-corrected chi connectivity index (χ4v) is 8.67. The van der Waals surface area contributed by atoms with Crippen LogP contribution in [0, 0.1) is 29.3 Å². The van der Waals surface area contributed by atoms with Crippen LogP contribution in [0.1, 0.15) is 35.2 Å². The molecule has 2 N–H and O–H groups in total. The van der Waals surface area contributed by atoms with Crippen molar-refractivity contribution in [2.24, 2.45) is 11.8 Å². The smallest absolute Gasteiger partial charge is 0.255 e. The van der Waals surface area contributed by atoms with Gasteiger partial charge in [-0.2, -0.15) is 0 Å². The summed E-state index contributed by atoms with van der Waals surface area (Å²) in [5.74, 6) is -6.44. The molecule has 2 unspecified atom stereocenters. The highest BCUT2D eigenvalue weighted by Crippen LogP contribution is 2.55. The molecular formula is C27H24ClF3N2O5S. The number of nitrogens with one attached hydrogen (secondary N) is 1. The van der Waals surface area contributed by atoms with Crippen molar-refractivity contribution in [2.45, 2.75) is 41.6 Å². The molecule has 2 saturated carbocycles. The van der Waals surface area contributed by atoms with Gasteiger partial charge in [-0.05, 0) is 61.1 Å². The maximum absolute atomic E-state index is 13.8. The number of benzene rings is 2. The third-order valence-corrected chi connectivity index (χ3v) is 10.3. The number of fused-ring (bicyclic) bond motifs is 2. The Bertz CT molecular complexity index is 1500. The number of hydrogen-bond acceptors (Lipinski definition) is 6. The third kappa shape index (κ3) is 5.28. The van der Waals surface area contributed by atoms with Crippen LogP contribution in [0.2, 0.25) is 5.02 Å². The number of hydrogen-bond donors (Lipinski definition) is 2. The van der Waals surface area contributed by atoms with Gasteiger partial charge in [0.15, 0.2) is 27.3 Å². The summed E-state index contributed by atoms with van der Waals surface area (Å²) in [5, 5.41) is 12.6. The largest absolute Gasteiger partial charge is 0.387 e. The lowest BCUT2D eigenvalue weighted by Crippen LogP contribution is -2.42. The minimum absolute atomic E-state index is 0.0382. The summed E-state index contributed by atoms with van der Waals surface area (Å²) in [6.07, 6.45) is 4.60. The zero-order valence-corrected chi connectivity index (χ0v) is 22.0.